The molecule has 1 unspecified atom stereocenters. The van der Waals surface area contributed by atoms with Crippen molar-refractivity contribution in [3.63, 3.8) is 0 Å². The fourth-order valence-electron chi connectivity index (χ4n) is 2.75. The van der Waals surface area contributed by atoms with Gasteiger partial charge in [-0.3, -0.25) is 0 Å². The van der Waals surface area contributed by atoms with E-state index in [9.17, 15) is 0 Å². The van der Waals surface area contributed by atoms with E-state index < -0.39 is 0 Å². The van der Waals surface area contributed by atoms with E-state index >= 15 is 0 Å². The largest absolute Gasteiger partial charge is 0.497 e. The third kappa shape index (κ3) is 3.87. The van der Waals surface area contributed by atoms with E-state index in [-0.39, 0.29) is 6.04 Å². The van der Waals surface area contributed by atoms with E-state index in [1.54, 1.807) is 14.2 Å². The minimum atomic E-state index is -0.169. The van der Waals surface area contributed by atoms with Crippen LogP contribution in [0.1, 0.15) is 37.3 Å². The first-order chi connectivity index (χ1) is 9.74. The molecule has 4 nitrogen and oxygen atoms in total. The lowest BCUT2D eigenvalue weighted by atomic mass is 10.1. The van der Waals surface area contributed by atoms with Gasteiger partial charge in [0.25, 0.3) is 0 Å². The van der Waals surface area contributed by atoms with Gasteiger partial charge in [0, 0.05) is 18.2 Å². The summed E-state index contributed by atoms with van der Waals surface area (Å²) in [6, 6.07) is 5.53. The molecule has 4 heteroatoms. The second-order valence-corrected chi connectivity index (χ2v) is 5.40. The Balaban J connectivity index is 1.88. The van der Waals surface area contributed by atoms with Crippen molar-refractivity contribution in [2.24, 2.45) is 11.7 Å². The Labute approximate surface area is 121 Å². The fourth-order valence-corrected chi connectivity index (χ4v) is 2.75. The number of hydrogen-bond donors (Lipinski definition) is 1. The van der Waals surface area contributed by atoms with Crippen molar-refractivity contribution in [2.45, 2.75) is 31.7 Å². The molecular weight excluding hydrogens is 254 g/mol. The van der Waals surface area contributed by atoms with Crippen LogP contribution in [0.25, 0.3) is 0 Å². The number of methoxy groups -OCH3 is 2. The lowest BCUT2D eigenvalue weighted by Gasteiger charge is -2.18. The molecule has 0 heterocycles. The summed E-state index contributed by atoms with van der Waals surface area (Å²) in [5.74, 6) is 2.24. The summed E-state index contributed by atoms with van der Waals surface area (Å²) < 4.78 is 16.3. The maximum atomic E-state index is 6.20. The van der Waals surface area contributed by atoms with Gasteiger partial charge in [0.2, 0.25) is 0 Å². The lowest BCUT2D eigenvalue weighted by molar-refractivity contribution is 0.0899. The molecule has 2 rings (SSSR count). The maximum Gasteiger partial charge on any atom is 0.127 e. The first-order valence-corrected chi connectivity index (χ1v) is 7.30. The van der Waals surface area contributed by atoms with E-state index in [1.807, 2.05) is 18.2 Å². The number of hydrogen-bond acceptors (Lipinski definition) is 4. The zero-order chi connectivity index (χ0) is 14.4. The molecule has 0 amide bonds. The molecule has 112 valence electrons. The van der Waals surface area contributed by atoms with Crippen LogP contribution in [0.4, 0.5) is 0 Å². The molecule has 0 radical (unpaired) electrons. The van der Waals surface area contributed by atoms with Crippen LogP contribution in [-0.2, 0) is 4.74 Å². The van der Waals surface area contributed by atoms with E-state index in [0.717, 1.165) is 29.6 Å². The predicted molar refractivity (Wildman–Crippen MR) is 79.3 cm³/mol. The third-order valence-corrected chi connectivity index (χ3v) is 3.97. The summed E-state index contributed by atoms with van der Waals surface area (Å²) in [5.41, 5.74) is 7.16. The Morgan fingerprint density at radius 1 is 1.20 bits per heavy atom. The normalized spacial score (nSPS) is 17.1. The van der Waals surface area contributed by atoms with Crippen molar-refractivity contribution in [1.82, 2.24) is 0 Å². The molecule has 2 N–H and O–H groups in total. The van der Waals surface area contributed by atoms with Crippen LogP contribution in [0.5, 0.6) is 11.5 Å². The third-order valence-electron chi connectivity index (χ3n) is 3.97. The molecule has 20 heavy (non-hydrogen) atoms. The van der Waals surface area contributed by atoms with Crippen LogP contribution in [0.15, 0.2) is 18.2 Å². The molecule has 1 fully saturated rings. The Hall–Kier alpha value is -1.26. The van der Waals surface area contributed by atoms with Gasteiger partial charge in [-0.05, 0) is 30.9 Å². The molecule has 0 bridgehead atoms. The van der Waals surface area contributed by atoms with E-state index in [1.165, 1.54) is 25.7 Å². The number of nitrogens with two attached hydrogens (primary N) is 1. The summed E-state index contributed by atoms with van der Waals surface area (Å²) in [6.45, 7) is 1.35. The van der Waals surface area contributed by atoms with Crippen molar-refractivity contribution >= 4 is 0 Å². The molecule has 1 aliphatic carbocycles. The summed E-state index contributed by atoms with van der Waals surface area (Å²) in [4.78, 5) is 0. The highest BCUT2D eigenvalue weighted by Crippen LogP contribution is 2.29. The smallest absolute Gasteiger partial charge is 0.127 e. The minimum Gasteiger partial charge on any atom is -0.497 e. The predicted octanol–water partition coefficient (Wildman–Crippen LogP) is 2.91. The van der Waals surface area contributed by atoms with Gasteiger partial charge in [0.15, 0.2) is 0 Å². The number of benzene rings is 1. The second-order valence-electron chi connectivity index (χ2n) is 5.40. The highest BCUT2D eigenvalue weighted by Gasteiger charge is 2.17. The zero-order valence-electron chi connectivity index (χ0n) is 12.4. The molecule has 1 atom stereocenters. The highest BCUT2D eigenvalue weighted by molar-refractivity contribution is 5.42. The van der Waals surface area contributed by atoms with Gasteiger partial charge >= 0.3 is 0 Å². The van der Waals surface area contributed by atoms with Gasteiger partial charge in [0.05, 0.1) is 26.9 Å². The van der Waals surface area contributed by atoms with Crippen LogP contribution in [-0.4, -0.2) is 27.4 Å². The molecule has 0 spiro atoms. The van der Waals surface area contributed by atoms with E-state index in [2.05, 4.69) is 0 Å². The standard InChI is InChI=1S/C16H25NO3/c1-18-13-7-8-14(16(9-13)19-2)15(17)11-20-10-12-5-3-4-6-12/h7-9,12,15H,3-6,10-11,17H2,1-2H3. The summed E-state index contributed by atoms with van der Waals surface area (Å²) >= 11 is 0. The Bertz CT molecular complexity index is 416. The minimum absolute atomic E-state index is 0.169. The Kier molecular flexibility index (Phi) is 5.68. The van der Waals surface area contributed by atoms with Crippen LogP contribution in [0.3, 0.4) is 0 Å². The van der Waals surface area contributed by atoms with Crippen LogP contribution >= 0.6 is 0 Å². The lowest BCUT2D eigenvalue weighted by Crippen LogP contribution is -2.20. The molecular formula is C16H25NO3. The Morgan fingerprint density at radius 2 is 1.95 bits per heavy atom. The van der Waals surface area contributed by atoms with Crippen LogP contribution in [0, 0.1) is 5.92 Å². The van der Waals surface area contributed by atoms with Crippen LogP contribution < -0.4 is 15.2 Å². The molecule has 0 aromatic heterocycles. The monoisotopic (exact) mass is 279 g/mol. The summed E-state index contributed by atoms with van der Waals surface area (Å²) in [6.07, 6.45) is 5.26. The molecule has 1 aromatic rings. The number of rotatable bonds is 7. The topological polar surface area (TPSA) is 53.7 Å². The van der Waals surface area contributed by atoms with Crippen molar-refractivity contribution in [1.29, 1.82) is 0 Å². The van der Waals surface area contributed by atoms with Crippen LogP contribution in [0.2, 0.25) is 0 Å². The molecule has 0 aliphatic heterocycles. The second kappa shape index (κ2) is 7.50. The maximum absolute atomic E-state index is 6.20. The summed E-state index contributed by atoms with van der Waals surface area (Å²) in [7, 11) is 3.28. The van der Waals surface area contributed by atoms with Crippen molar-refractivity contribution in [3.8, 4) is 11.5 Å². The van der Waals surface area contributed by atoms with Crippen molar-refractivity contribution in [2.75, 3.05) is 27.4 Å². The molecule has 1 saturated carbocycles. The van der Waals surface area contributed by atoms with Gasteiger partial charge in [-0.25, -0.2) is 0 Å². The van der Waals surface area contributed by atoms with Gasteiger partial charge in [-0.2, -0.15) is 0 Å². The Morgan fingerprint density at radius 3 is 2.60 bits per heavy atom. The van der Waals surface area contributed by atoms with Gasteiger partial charge in [-0.15, -0.1) is 0 Å². The first kappa shape index (κ1) is 15.1. The highest BCUT2D eigenvalue weighted by atomic mass is 16.5. The number of ether oxygens (including phenoxy) is 3. The van der Waals surface area contributed by atoms with E-state index in [0.29, 0.717) is 6.61 Å². The van der Waals surface area contributed by atoms with E-state index in [4.69, 9.17) is 19.9 Å². The van der Waals surface area contributed by atoms with Gasteiger partial charge in [-0.1, -0.05) is 12.8 Å². The molecule has 1 aromatic carbocycles. The summed E-state index contributed by atoms with van der Waals surface area (Å²) in [5, 5.41) is 0. The zero-order valence-corrected chi connectivity index (χ0v) is 12.4. The first-order valence-electron chi connectivity index (χ1n) is 7.30. The van der Waals surface area contributed by atoms with Crippen molar-refractivity contribution < 1.29 is 14.2 Å². The average molecular weight is 279 g/mol. The van der Waals surface area contributed by atoms with Gasteiger partial charge in [0.1, 0.15) is 11.5 Å². The molecule has 0 saturated heterocycles. The van der Waals surface area contributed by atoms with Gasteiger partial charge < -0.3 is 19.9 Å². The quantitative estimate of drug-likeness (QED) is 0.834. The SMILES string of the molecule is COc1ccc(C(N)COCC2CCCC2)c(OC)c1. The fraction of sp³-hybridized carbons (Fsp3) is 0.625. The van der Waals surface area contributed by atoms with Crippen molar-refractivity contribution in [3.05, 3.63) is 23.8 Å². The molecule has 1 aliphatic rings. The average Bonchev–Trinajstić information content (AvgIpc) is 2.99.